The highest BCUT2D eigenvalue weighted by Gasteiger charge is 2.25. The molecule has 1 aliphatic rings. The highest BCUT2D eigenvalue weighted by atomic mass is 16.5. The Hall–Kier alpha value is -1.06. The van der Waals surface area contributed by atoms with E-state index in [9.17, 15) is 0 Å². The minimum atomic E-state index is 0.667. The predicted octanol–water partition coefficient (Wildman–Crippen LogP) is 2.66. The second-order valence-electron chi connectivity index (χ2n) is 5.68. The van der Waals surface area contributed by atoms with Crippen molar-refractivity contribution in [1.82, 2.24) is 5.32 Å². The molecule has 0 spiro atoms. The Morgan fingerprint density at radius 2 is 2.00 bits per heavy atom. The van der Waals surface area contributed by atoms with Gasteiger partial charge in [-0.2, -0.15) is 0 Å². The maximum absolute atomic E-state index is 5.02. The Bertz CT molecular complexity index is 377. The van der Waals surface area contributed by atoms with Gasteiger partial charge in [0.15, 0.2) is 0 Å². The molecule has 106 valence electrons. The van der Waals surface area contributed by atoms with Crippen LogP contribution in [0.3, 0.4) is 0 Å². The molecule has 1 heterocycles. The van der Waals surface area contributed by atoms with Gasteiger partial charge in [-0.05, 0) is 37.0 Å². The topological polar surface area (TPSA) is 24.5 Å². The van der Waals surface area contributed by atoms with Crippen LogP contribution < -0.4 is 10.2 Å². The Labute approximate surface area is 116 Å². The van der Waals surface area contributed by atoms with E-state index < -0.39 is 0 Å². The molecule has 19 heavy (non-hydrogen) atoms. The molecule has 1 fully saturated rings. The minimum absolute atomic E-state index is 0.667. The Morgan fingerprint density at radius 3 is 2.58 bits per heavy atom. The molecule has 0 bridgehead atoms. The van der Waals surface area contributed by atoms with E-state index in [1.54, 1.807) is 7.11 Å². The number of hydrogen-bond donors (Lipinski definition) is 1. The number of nitrogens with zero attached hydrogens (tertiary/aromatic N) is 1. The van der Waals surface area contributed by atoms with Crippen molar-refractivity contribution >= 4 is 5.69 Å². The largest absolute Gasteiger partial charge is 0.383 e. The van der Waals surface area contributed by atoms with Crippen LogP contribution in [0.2, 0.25) is 0 Å². The lowest BCUT2D eigenvalue weighted by atomic mass is 10.1. The third kappa shape index (κ3) is 3.95. The standard InChI is InChI=1S/C16H26N2O/c1-13-10-14(2)18(12-13)16-6-4-15(5-7-16)11-17-8-9-19-3/h4-7,13-14,17H,8-12H2,1-3H3. The molecule has 2 unspecified atom stereocenters. The fourth-order valence-electron chi connectivity index (χ4n) is 2.87. The number of hydrogen-bond acceptors (Lipinski definition) is 3. The molecule has 0 aliphatic carbocycles. The van der Waals surface area contributed by atoms with Gasteiger partial charge in [-0.25, -0.2) is 0 Å². The van der Waals surface area contributed by atoms with E-state index >= 15 is 0 Å². The van der Waals surface area contributed by atoms with Gasteiger partial charge in [-0.3, -0.25) is 0 Å². The van der Waals surface area contributed by atoms with E-state index in [1.807, 2.05) is 0 Å². The van der Waals surface area contributed by atoms with E-state index in [-0.39, 0.29) is 0 Å². The number of anilines is 1. The molecule has 3 nitrogen and oxygen atoms in total. The summed E-state index contributed by atoms with van der Waals surface area (Å²) in [4.78, 5) is 2.52. The van der Waals surface area contributed by atoms with Crippen LogP contribution in [0, 0.1) is 5.92 Å². The van der Waals surface area contributed by atoms with Crippen molar-refractivity contribution < 1.29 is 4.74 Å². The van der Waals surface area contributed by atoms with Crippen LogP contribution in [0.15, 0.2) is 24.3 Å². The number of methoxy groups -OCH3 is 1. The quantitative estimate of drug-likeness (QED) is 0.798. The average molecular weight is 262 g/mol. The SMILES string of the molecule is COCCNCc1ccc(N2CC(C)CC2C)cc1. The summed E-state index contributed by atoms with van der Waals surface area (Å²) in [5.41, 5.74) is 2.69. The van der Waals surface area contributed by atoms with E-state index in [2.05, 4.69) is 48.3 Å². The average Bonchev–Trinajstić information content (AvgIpc) is 2.75. The summed E-state index contributed by atoms with van der Waals surface area (Å²) in [6, 6.07) is 9.63. The van der Waals surface area contributed by atoms with Crippen LogP contribution in [-0.2, 0) is 11.3 Å². The molecule has 0 aromatic heterocycles. The van der Waals surface area contributed by atoms with Gasteiger partial charge in [-0.1, -0.05) is 19.1 Å². The van der Waals surface area contributed by atoms with Crippen LogP contribution >= 0.6 is 0 Å². The van der Waals surface area contributed by atoms with Crippen molar-refractivity contribution in [3.63, 3.8) is 0 Å². The van der Waals surface area contributed by atoms with Gasteiger partial charge < -0.3 is 15.0 Å². The van der Waals surface area contributed by atoms with E-state index in [0.29, 0.717) is 6.04 Å². The van der Waals surface area contributed by atoms with Gasteiger partial charge in [0.1, 0.15) is 0 Å². The zero-order valence-electron chi connectivity index (χ0n) is 12.4. The molecule has 1 aromatic rings. The van der Waals surface area contributed by atoms with E-state index in [1.165, 1.54) is 24.2 Å². The first-order chi connectivity index (χ1) is 9.20. The second kappa shape index (κ2) is 6.92. The Morgan fingerprint density at radius 1 is 1.26 bits per heavy atom. The summed E-state index contributed by atoms with van der Waals surface area (Å²) in [5.74, 6) is 0.811. The molecule has 0 saturated carbocycles. The van der Waals surface area contributed by atoms with Crippen molar-refractivity contribution in [2.24, 2.45) is 5.92 Å². The molecule has 1 saturated heterocycles. The first-order valence-corrected chi connectivity index (χ1v) is 7.26. The van der Waals surface area contributed by atoms with Gasteiger partial charge in [0.25, 0.3) is 0 Å². The predicted molar refractivity (Wildman–Crippen MR) is 80.6 cm³/mol. The first kappa shape index (κ1) is 14.4. The number of rotatable bonds is 6. The van der Waals surface area contributed by atoms with E-state index in [0.717, 1.165) is 25.6 Å². The molecule has 1 aliphatic heterocycles. The lowest BCUT2D eigenvalue weighted by molar-refractivity contribution is 0.199. The number of ether oxygens (including phenoxy) is 1. The molecular weight excluding hydrogens is 236 g/mol. The van der Waals surface area contributed by atoms with Crippen LogP contribution in [0.25, 0.3) is 0 Å². The smallest absolute Gasteiger partial charge is 0.0587 e. The van der Waals surface area contributed by atoms with Gasteiger partial charge in [-0.15, -0.1) is 0 Å². The zero-order valence-corrected chi connectivity index (χ0v) is 12.4. The lowest BCUT2D eigenvalue weighted by Gasteiger charge is -2.24. The fourth-order valence-corrected chi connectivity index (χ4v) is 2.87. The number of benzene rings is 1. The molecule has 1 N–H and O–H groups in total. The van der Waals surface area contributed by atoms with Crippen molar-refractivity contribution in [3.05, 3.63) is 29.8 Å². The fraction of sp³-hybridized carbons (Fsp3) is 0.625. The van der Waals surface area contributed by atoms with Gasteiger partial charge >= 0.3 is 0 Å². The number of nitrogens with one attached hydrogen (secondary N) is 1. The van der Waals surface area contributed by atoms with Gasteiger partial charge in [0.2, 0.25) is 0 Å². The molecule has 3 heteroatoms. The summed E-state index contributed by atoms with van der Waals surface area (Å²) in [6.07, 6.45) is 1.31. The van der Waals surface area contributed by atoms with Crippen molar-refractivity contribution in [2.75, 3.05) is 31.7 Å². The van der Waals surface area contributed by atoms with Crippen LogP contribution in [0.5, 0.6) is 0 Å². The first-order valence-electron chi connectivity index (χ1n) is 7.26. The monoisotopic (exact) mass is 262 g/mol. The van der Waals surface area contributed by atoms with Crippen molar-refractivity contribution in [3.8, 4) is 0 Å². The maximum Gasteiger partial charge on any atom is 0.0587 e. The highest BCUT2D eigenvalue weighted by Crippen LogP contribution is 2.28. The van der Waals surface area contributed by atoms with Crippen molar-refractivity contribution in [1.29, 1.82) is 0 Å². The molecule has 1 aromatic carbocycles. The van der Waals surface area contributed by atoms with E-state index in [4.69, 9.17) is 4.74 Å². The molecular formula is C16H26N2O. The summed E-state index contributed by atoms with van der Waals surface area (Å²) >= 11 is 0. The molecule has 2 atom stereocenters. The van der Waals surface area contributed by atoms with Crippen LogP contribution in [0.4, 0.5) is 5.69 Å². The molecule has 0 radical (unpaired) electrons. The summed E-state index contributed by atoms with van der Waals surface area (Å²) < 4.78 is 5.02. The molecule has 0 amide bonds. The lowest BCUT2D eigenvalue weighted by Crippen LogP contribution is -2.26. The maximum atomic E-state index is 5.02. The Kier molecular flexibility index (Phi) is 5.23. The van der Waals surface area contributed by atoms with Gasteiger partial charge in [0, 0.05) is 38.5 Å². The second-order valence-corrected chi connectivity index (χ2v) is 5.68. The minimum Gasteiger partial charge on any atom is -0.383 e. The summed E-state index contributed by atoms with van der Waals surface area (Å²) in [7, 11) is 1.73. The van der Waals surface area contributed by atoms with Crippen LogP contribution in [0.1, 0.15) is 25.8 Å². The zero-order chi connectivity index (χ0) is 13.7. The van der Waals surface area contributed by atoms with Crippen LogP contribution in [-0.4, -0.2) is 32.8 Å². The summed E-state index contributed by atoms with van der Waals surface area (Å²) in [6.45, 7) is 8.43. The third-order valence-electron chi connectivity index (χ3n) is 3.86. The van der Waals surface area contributed by atoms with Crippen molar-refractivity contribution in [2.45, 2.75) is 32.9 Å². The third-order valence-corrected chi connectivity index (χ3v) is 3.86. The highest BCUT2D eigenvalue weighted by molar-refractivity contribution is 5.49. The Balaban J connectivity index is 1.87. The normalized spacial score (nSPS) is 23.0. The molecule has 2 rings (SSSR count). The summed E-state index contributed by atoms with van der Waals surface area (Å²) in [5, 5.41) is 3.37. The van der Waals surface area contributed by atoms with Gasteiger partial charge in [0.05, 0.1) is 6.61 Å².